The molecular weight excluding hydrogens is 282 g/mol. The molecule has 1 aliphatic rings. The van der Waals surface area contributed by atoms with Crippen molar-refractivity contribution < 1.29 is 4.74 Å². The van der Waals surface area contributed by atoms with Crippen LogP contribution in [0.5, 0.6) is 5.75 Å². The van der Waals surface area contributed by atoms with E-state index in [4.69, 9.17) is 4.74 Å². The number of nitrogens with zero attached hydrogens (tertiary/aromatic N) is 2. The van der Waals surface area contributed by atoms with Crippen molar-refractivity contribution in [2.75, 3.05) is 14.2 Å². The van der Waals surface area contributed by atoms with Crippen molar-refractivity contribution in [3.8, 4) is 5.75 Å². The monoisotopic (exact) mass is 303 g/mol. The second kappa shape index (κ2) is 5.73. The van der Waals surface area contributed by atoms with E-state index in [0.717, 1.165) is 17.9 Å². The first-order valence-electron chi connectivity index (χ1n) is 7.13. The maximum absolute atomic E-state index is 5.36. The molecule has 3 rings (SSSR count). The van der Waals surface area contributed by atoms with E-state index in [1.807, 2.05) is 43.5 Å². The van der Waals surface area contributed by atoms with Crippen LogP contribution in [0.3, 0.4) is 0 Å². The first-order chi connectivity index (χ1) is 10.1. The summed E-state index contributed by atoms with van der Waals surface area (Å²) in [5.41, 5.74) is 3.83. The second-order valence-corrected chi connectivity index (χ2v) is 6.70. The molecule has 2 unspecified atom stereocenters. The molecule has 0 saturated carbocycles. The van der Waals surface area contributed by atoms with E-state index in [9.17, 15) is 0 Å². The molecular formula is C16H21N3OS. The van der Waals surface area contributed by atoms with Crippen LogP contribution in [-0.4, -0.2) is 29.2 Å². The number of rotatable bonds is 4. The fourth-order valence-corrected chi connectivity index (χ4v) is 4.44. The SMILES string of the molecule is CNC1c2cc(OC)ccc2CC1Sc1cc(C)nn1C. The van der Waals surface area contributed by atoms with Gasteiger partial charge in [-0.3, -0.25) is 4.68 Å². The van der Waals surface area contributed by atoms with Crippen LogP contribution in [-0.2, 0) is 13.5 Å². The molecule has 0 radical (unpaired) electrons. The summed E-state index contributed by atoms with van der Waals surface area (Å²) < 4.78 is 7.33. The van der Waals surface area contributed by atoms with Crippen LogP contribution < -0.4 is 10.1 Å². The molecule has 1 aromatic carbocycles. The molecule has 1 heterocycles. The Labute approximate surface area is 129 Å². The topological polar surface area (TPSA) is 39.1 Å². The third-order valence-electron chi connectivity index (χ3n) is 4.02. The van der Waals surface area contributed by atoms with Crippen molar-refractivity contribution in [2.24, 2.45) is 7.05 Å². The summed E-state index contributed by atoms with van der Waals surface area (Å²) in [5.74, 6) is 0.927. The van der Waals surface area contributed by atoms with Gasteiger partial charge in [0.05, 0.1) is 17.8 Å². The van der Waals surface area contributed by atoms with Crippen LogP contribution in [0.25, 0.3) is 0 Å². The number of hydrogen-bond donors (Lipinski definition) is 1. The maximum atomic E-state index is 5.36. The van der Waals surface area contributed by atoms with Gasteiger partial charge in [0.2, 0.25) is 0 Å². The molecule has 2 atom stereocenters. The summed E-state index contributed by atoms with van der Waals surface area (Å²) in [7, 11) is 5.76. The van der Waals surface area contributed by atoms with Gasteiger partial charge in [-0.2, -0.15) is 5.10 Å². The van der Waals surface area contributed by atoms with E-state index in [1.165, 1.54) is 16.2 Å². The molecule has 0 saturated heterocycles. The van der Waals surface area contributed by atoms with Gasteiger partial charge in [-0.1, -0.05) is 6.07 Å². The molecule has 0 aliphatic heterocycles. The molecule has 112 valence electrons. The molecule has 1 N–H and O–H groups in total. The highest BCUT2D eigenvalue weighted by Crippen LogP contribution is 2.42. The Kier molecular flexibility index (Phi) is 3.95. The van der Waals surface area contributed by atoms with E-state index in [1.54, 1.807) is 7.11 Å². The Morgan fingerprint density at radius 3 is 2.81 bits per heavy atom. The molecule has 5 heteroatoms. The third-order valence-corrected chi connectivity index (χ3v) is 5.39. The molecule has 1 aliphatic carbocycles. The lowest BCUT2D eigenvalue weighted by Crippen LogP contribution is -2.23. The normalized spacial score (nSPS) is 20.6. The zero-order valence-electron chi connectivity index (χ0n) is 12.9. The molecule has 0 bridgehead atoms. The average Bonchev–Trinajstić information content (AvgIpc) is 2.97. The lowest BCUT2D eigenvalue weighted by Gasteiger charge is -2.19. The lowest BCUT2D eigenvalue weighted by molar-refractivity contribution is 0.413. The standard InChI is InChI=1S/C16H21N3OS/c1-10-7-15(19(3)18-10)21-14-8-11-5-6-12(20-4)9-13(11)16(14)17-2/h5-7,9,14,16-17H,8H2,1-4H3. The highest BCUT2D eigenvalue weighted by atomic mass is 32.2. The van der Waals surface area contributed by atoms with E-state index in [2.05, 4.69) is 28.6 Å². The maximum Gasteiger partial charge on any atom is 0.119 e. The van der Waals surface area contributed by atoms with Gasteiger partial charge in [0.1, 0.15) is 5.75 Å². The van der Waals surface area contributed by atoms with Gasteiger partial charge < -0.3 is 10.1 Å². The number of fused-ring (bicyclic) bond motifs is 1. The third kappa shape index (κ3) is 2.68. The number of ether oxygens (including phenoxy) is 1. The minimum Gasteiger partial charge on any atom is -0.497 e. The minimum atomic E-state index is 0.343. The number of nitrogens with one attached hydrogen (secondary N) is 1. The van der Waals surface area contributed by atoms with Crippen LogP contribution in [0.2, 0.25) is 0 Å². The molecule has 0 fully saturated rings. The quantitative estimate of drug-likeness (QED) is 0.942. The van der Waals surface area contributed by atoms with Crippen molar-refractivity contribution in [3.63, 3.8) is 0 Å². The van der Waals surface area contributed by atoms with Crippen LogP contribution in [0.15, 0.2) is 29.3 Å². The van der Waals surface area contributed by atoms with Gasteiger partial charge in [-0.25, -0.2) is 0 Å². The number of aryl methyl sites for hydroxylation is 2. The highest BCUT2D eigenvalue weighted by molar-refractivity contribution is 7.99. The van der Waals surface area contributed by atoms with Crippen molar-refractivity contribution in [1.82, 2.24) is 15.1 Å². The van der Waals surface area contributed by atoms with Crippen LogP contribution in [0.1, 0.15) is 22.9 Å². The molecule has 0 amide bonds. The summed E-state index contributed by atoms with van der Waals surface area (Å²) in [6.45, 7) is 2.04. The van der Waals surface area contributed by atoms with Crippen molar-refractivity contribution in [2.45, 2.75) is 29.7 Å². The lowest BCUT2D eigenvalue weighted by atomic mass is 10.1. The summed E-state index contributed by atoms with van der Waals surface area (Å²) >= 11 is 1.90. The molecule has 2 aromatic rings. The van der Waals surface area contributed by atoms with Gasteiger partial charge in [-0.15, -0.1) is 11.8 Å². The van der Waals surface area contributed by atoms with Gasteiger partial charge in [-0.05, 0) is 49.7 Å². The van der Waals surface area contributed by atoms with Crippen LogP contribution in [0, 0.1) is 6.92 Å². The summed E-state index contributed by atoms with van der Waals surface area (Å²) in [6, 6.07) is 8.89. The van der Waals surface area contributed by atoms with Crippen LogP contribution >= 0.6 is 11.8 Å². The van der Waals surface area contributed by atoms with Crippen LogP contribution in [0.4, 0.5) is 0 Å². The predicted octanol–water partition coefficient (Wildman–Crippen LogP) is 2.71. The Balaban J connectivity index is 1.86. The molecule has 0 spiro atoms. The van der Waals surface area contributed by atoms with Gasteiger partial charge in [0, 0.05) is 18.3 Å². The highest BCUT2D eigenvalue weighted by Gasteiger charge is 2.33. The van der Waals surface area contributed by atoms with Gasteiger partial charge in [0.15, 0.2) is 0 Å². The Morgan fingerprint density at radius 1 is 1.38 bits per heavy atom. The van der Waals surface area contributed by atoms with Gasteiger partial charge >= 0.3 is 0 Å². The predicted molar refractivity (Wildman–Crippen MR) is 86.1 cm³/mol. The Bertz CT molecular complexity index is 653. The number of aromatic nitrogens is 2. The van der Waals surface area contributed by atoms with E-state index >= 15 is 0 Å². The van der Waals surface area contributed by atoms with E-state index in [-0.39, 0.29) is 0 Å². The van der Waals surface area contributed by atoms with E-state index in [0.29, 0.717) is 11.3 Å². The average molecular weight is 303 g/mol. The first-order valence-corrected chi connectivity index (χ1v) is 8.01. The summed E-state index contributed by atoms with van der Waals surface area (Å²) in [5, 5.41) is 9.60. The number of methoxy groups -OCH3 is 1. The molecule has 4 nitrogen and oxygen atoms in total. The first kappa shape index (κ1) is 14.5. The largest absolute Gasteiger partial charge is 0.497 e. The smallest absolute Gasteiger partial charge is 0.119 e. The number of benzene rings is 1. The molecule has 21 heavy (non-hydrogen) atoms. The molecule has 1 aromatic heterocycles. The van der Waals surface area contributed by atoms with Crippen molar-refractivity contribution in [1.29, 1.82) is 0 Å². The zero-order valence-corrected chi connectivity index (χ0v) is 13.7. The number of thioether (sulfide) groups is 1. The Hall–Kier alpha value is -1.46. The zero-order chi connectivity index (χ0) is 15.0. The van der Waals surface area contributed by atoms with Crippen molar-refractivity contribution >= 4 is 11.8 Å². The summed E-state index contributed by atoms with van der Waals surface area (Å²) in [4.78, 5) is 0. The minimum absolute atomic E-state index is 0.343. The summed E-state index contributed by atoms with van der Waals surface area (Å²) in [6.07, 6.45) is 1.07. The number of hydrogen-bond acceptors (Lipinski definition) is 4. The second-order valence-electron chi connectivity index (χ2n) is 5.44. The fraction of sp³-hybridized carbons (Fsp3) is 0.438. The Morgan fingerprint density at radius 2 is 2.19 bits per heavy atom. The van der Waals surface area contributed by atoms with Crippen molar-refractivity contribution in [3.05, 3.63) is 41.1 Å². The van der Waals surface area contributed by atoms with E-state index < -0.39 is 0 Å². The van der Waals surface area contributed by atoms with Gasteiger partial charge in [0.25, 0.3) is 0 Å². The fourth-order valence-electron chi connectivity index (χ4n) is 3.01.